The number of benzene rings is 1. The molecule has 0 saturated heterocycles. The maximum atomic E-state index is 5.75. The second kappa shape index (κ2) is 8.31. The number of rotatable bonds is 10. The van der Waals surface area contributed by atoms with Gasteiger partial charge < -0.3 is 5.73 Å². The van der Waals surface area contributed by atoms with Crippen LogP contribution in [0.4, 0.5) is 5.69 Å². The highest BCUT2D eigenvalue weighted by molar-refractivity contribution is 5.39. The summed E-state index contributed by atoms with van der Waals surface area (Å²) >= 11 is 0. The van der Waals surface area contributed by atoms with Gasteiger partial charge in [0.1, 0.15) is 0 Å². The van der Waals surface area contributed by atoms with Crippen molar-refractivity contribution in [2.75, 3.05) is 12.3 Å². The molecule has 112 valence electrons. The molecule has 0 amide bonds. The largest absolute Gasteiger partial charge is 0.399 e. The Hall–Kier alpha value is -1.02. The van der Waals surface area contributed by atoms with Gasteiger partial charge in [-0.2, -0.15) is 0 Å². The maximum Gasteiger partial charge on any atom is 0.0314 e. The van der Waals surface area contributed by atoms with E-state index in [0.717, 1.165) is 18.3 Å². The van der Waals surface area contributed by atoms with Crippen molar-refractivity contribution in [2.24, 2.45) is 0 Å². The molecule has 1 aliphatic carbocycles. The topological polar surface area (TPSA) is 29.3 Å². The lowest BCUT2D eigenvalue weighted by Crippen LogP contribution is -2.26. The normalized spacial score (nSPS) is 14.9. The van der Waals surface area contributed by atoms with Crippen LogP contribution >= 0.6 is 0 Å². The molecule has 0 aliphatic heterocycles. The number of nitrogens with zero attached hydrogens (tertiary/aromatic N) is 1. The summed E-state index contributed by atoms with van der Waals surface area (Å²) in [5.41, 5.74) is 8.02. The van der Waals surface area contributed by atoms with Crippen molar-refractivity contribution in [1.82, 2.24) is 4.90 Å². The van der Waals surface area contributed by atoms with Gasteiger partial charge in [-0.3, -0.25) is 4.90 Å². The van der Waals surface area contributed by atoms with Crippen LogP contribution in [0.5, 0.6) is 0 Å². The zero-order valence-corrected chi connectivity index (χ0v) is 13.0. The summed E-state index contributed by atoms with van der Waals surface area (Å²) in [6.07, 6.45) is 11.1. The summed E-state index contributed by atoms with van der Waals surface area (Å²) < 4.78 is 0. The minimum absolute atomic E-state index is 0.850. The second-order valence-electron chi connectivity index (χ2n) is 6.21. The highest BCUT2D eigenvalue weighted by Crippen LogP contribution is 2.28. The molecule has 0 aromatic heterocycles. The lowest BCUT2D eigenvalue weighted by Gasteiger charge is -2.22. The molecule has 2 N–H and O–H groups in total. The van der Waals surface area contributed by atoms with Crippen molar-refractivity contribution in [3.05, 3.63) is 29.8 Å². The van der Waals surface area contributed by atoms with Crippen molar-refractivity contribution in [2.45, 2.75) is 70.9 Å². The third-order valence-electron chi connectivity index (χ3n) is 4.23. The number of anilines is 1. The molecule has 0 spiro atoms. The molecule has 0 unspecified atom stereocenters. The second-order valence-corrected chi connectivity index (χ2v) is 6.21. The number of hydrogen-bond donors (Lipinski definition) is 1. The SMILES string of the molecule is CCCCCCCCN(Cc1ccc(N)cc1)C1CC1. The Morgan fingerprint density at radius 1 is 1.00 bits per heavy atom. The molecule has 1 aromatic carbocycles. The monoisotopic (exact) mass is 274 g/mol. The first-order chi connectivity index (χ1) is 9.79. The highest BCUT2D eigenvalue weighted by atomic mass is 15.2. The quantitative estimate of drug-likeness (QED) is 0.499. The maximum absolute atomic E-state index is 5.75. The van der Waals surface area contributed by atoms with E-state index in [-0.39, 0.29) is 0 Å². The molecule has 20 heavy (non-hydrogen) atoms. The number of unbranched alkanes of at least 4 members (excludes halogenated alkanes) is 5. The van der Waals surface area contributed by atoms with Gasteiger partial charge in [0.2, 0.25) is 0 Å². The molecule has 1 aromatic rings. The van der Waals surface area contributed by atoms with Gasteiger partial charge in [-0.05, 0) is 43.5 Å². The van der Waals surface area contributed by atoms with Crippen LogP contribution in [-0.2, 0) is 6.54 Å². The minimum atomic E-state index is 0.850. The van der Waals surface area contributed by atoms with Gasteiger partial charge in [0, 0.05) is 18.3 Å². The van der Waals surface area contributed by atoms with E-state index in [2.05, 4.69) is 24.0 Å². The van der Waals surface area contributed by atoms with E-state index >= 15 is 0 Å². The average Bonchev–Trinajstić information content (AvgIpc) is 3.28. The summed E-state index contributed by atoms with van der Waals surface area (Å²) in [7, 11) is 0. The van der Waals surface area contributed by atoms with Crippen LogP contribution in [0.25, 0.3) is 0 Å². The zero-order valence-electron chi connectivity index (χ0n) is 13.0. The Morgan fingerprint density at radius 2 is 1.65 bits per heavy atom. The average molecular weight is 274 g/mol. The first kappa shape index (κ1) is 15.4. The van der Waals surface area contributed by atoms with Gasteiger partial charge in [0.25, 0.3) is 0 Å². The first-order valence-electron chi connectivity index (χ1n) is 8.38. The lowest BCUT2D eigenvalue weighted by molar-refractivity contribution is 0.248. The molecular formula is C18H30N2. The molecule has 2 heteroatoms. The Morgan fingerprint density at radius 3 is 2.30 bits per heavy atom. The predicted molar refractivity (Wildman–Crippen MR) is 87.7 cm³/mol. The Bertz CT molecular complexity index is 368. The number of hydrogen-bond acceptors (Lipinski definition) is 2. The van der Waals surface area contributed by atoms with E-state index < -0.39 is 0 Å². The van der Waals surface area contributed by atoms with E-state index in [1.54, 1.807) is 0 Å². The van der Waals surface area contributed by atoms with Crippen molar-refractivity contribution >= 4 is 5.69 Å². The predicted octanol–water partition coefficient (Wildman–Crippen LogP) is 4.59. The number of nitrogens with two attached hydrogens (primary N) is 1. The van der Waals surface area contributed by atoms with Crippen LogP contribution in [0.1, 0.15) is 63.9 Å². The molecule has 0 bridgehead atoms. The summed E-state index contributed by atoms with van der Waals surface area (Å²) in [4.78, 5) is 2.67. The van der Waals surface area contributed by atoms with Crippen molar-refractivity contribution in [3.8, 4) is 0 Å². The van der Waals surface area contributed by atoms with Gasteiger partial charge in [-0.15, -0.1) is 0 Å². The summed E-state index contributed by atoms with van der Waals surface area (Å²) in [5, 5.41) is 0. The fourth-order valence-electron chi connectivity index (χ4n) is 2.78. The van der Waals surface area contributed by atoms with Gasteiger partial charge in [-0.1, -0.05) is 51.2 Å². The van der Waals surface area contributed by atoms with Gasteiger partial charge in [0.05, 0.1) is 0 Å². The van der Waals surface area contributed by atoms with Gasteiger partial charge in [0.15, 0.2) is 0 Å². The van der Waals surface area contributed by atoms with Crippen LogP contribution in [-0.4, -0.2) is 17.5 Å². The van der Waals surface area contributed by atoms with Crippen molar-refractivity contribution in [3.63, 3.8) is 0 Å². The number of nitrogen functional groups attached to an aromatic ring is 1. The molecular weight excluding hydrogens is 244 g/mol. The van der Waals surface area contributed by atoms with Crippen LogP contribution in [0.2, 0.25) is 0 Å². The molecule has 0 radical (unpaired) electrons. The van der Waals surface area contributed by atoms with Crippen molar-refractivity contribution in [1.29, 1.82) is 0 Å². The molecule has 0 atom stereocenters. The van der Waals surface area contributed by atoms with Crippen LogP contribution in [0.3, 0.4) is 0 Å². The Labute approximate surface area is 124 Å². The van der Waals surface area contributed by atoms with Gasteiger partial charge >= 0.3 is 0 Å². The lowest BCUT2D eigenvalue weighted by atomic mass is 10.1. The highest BCUT2D eigenvalue weighted by Gasteiger charge is 2.28. The molecule has 2 nitrogen and oxygen atoms in total. The van der Waals surface area contributed by atoms with E-state index in [4.69, 9.17) is 5.73 Å². The Kier molecular flexibility index (Phi) is 6.38. The fraction of sp³-hybridized carbons (Fsp3) is 0.667. The smallest absolute Gasteiger partial charge is 0.0314 e. The van der Waals surface area contributed by atoms with E-state index in [1.807, 2.05) is 12.1 Å². The third kappa shape index (κ3) is 5.54. The molecule has 1 aliphatic rings. The minimum Gasteiger partial charge on any atom is -0.399 e. The Balaban J connectivity index is 1.69. The summed E-state index contributed by atoms with van der Waals surface area (Å²) in [5.74, 6) is 0. The van der Waals surface area contributed by atoms with Crippen LogP contribution < -0.4 is 5.73 Å². The van der Waals surface area contributed by atoms with Crippen LogP contribution in [0.15, 0.2) is 24.3 Å². The van der Waals surface area contributed by atoms with E-state index in [9.17, 15) is 0 Å². The summed E-state index contributed by atoms with van der Waals surface area (Å²) in [6.45, 7) is 4.64. The summed E-state index contributed by atoms with van der Waals surface area (Å²) in [6, 6.07) is 9.23. The van der Waals surface area contributed by atoms with E-state index in [1.165, 1.54) is 63.5 Å². The standard InChI is InChI=1S/C18H30N2/c1-2-3-4-5-6-7-14-20(18-12-13-18)15-16-8-10-17(19)11-9-16/h8-11,18H,2-7,12-15,19H2,1H3. The van der Waals surface area contributed by atoms with Gasteiger partial charge in [-0.25, -0.2) is 0 Å². The molecule has 0 heterocycles. The van der Waals surface area contributed by atoms with Crippen LogP contribution in [0, 0.1) is 0 Å². The third-order valence-corrected chi connectivity index (χ3v) is 4.23. The fourth-order valence-corrected chi connectivity index (χ4v) is 2.78. The van der Waals surface area contributed by atoms with Crippen molar-refractivity contribution < 1.29 is 0 Å². The molecule has 2 rings (SSSR count). The van der Waals surface area contributed by atoms with E-state index in [0.29, 0.717) is 0 Å². The molecule has 1 fully saturated rings. The zero-order chi connectivity index (χ0) is 14.2. The molecule has 1 saturated carbocycles. The first-order valence-corrected chi connectivity index (χ1v) is 8.38.